The molecule has 74 heavy (non-hydrogen) atoms. The highest BCUT2D eigenvalue weighted by atomic mass is 32.2. The molecule has 11 atom stereocenters. The molecule has 0 aromatic carbocycles. The van der Waals surface area contributed by atoms with Crippen molar-refractivity contribution >= 4 is 82.9 Å². The summed E-state index contributed by atoms with van der Waals surface area (Å²) in [4.78, 5) is 165. The Bertz CT molecular complexity index is 2160. The van der Waals surface area contributed by atoms with E-state index in [4.69, 9.17) is 0 Å². The molecule has 1 aromatic rings. The molecule has 412 valence electrons. The molecule has 3 rings (SSSR count). The molecule has 0 radical (unpaired) electrons. The van der Waals surface area contributed by atoms with Crippen LogP contribution in [0.2, 0.25) is 0 Å². The van der Waals surface area contributed by atoms with Gasteiger partial charge in [0.15, 0.2) is 0 Å². The van der Waals surface area contributed by atoms with E-state index in [1.54, 1.807) is 20.1 Å². The third-order valence-corrected chi connectivity index (χ3v) is 13.1. The summed E-state index contributed by atoms with van der Waals surface area (Å²) in [6, 6.07) is -13.1. The maximum absolute atomic E-state index is 14.5. The highest BCUT2D eigenvalue weighted by Gasteiger charge is 2.41. The van der Waals surface area contributed by atoms with Gasteiger partial charge >= 0.3 is 23.9 Å². The number of hydrogen-bond donors (Lipinski definition) is 14. The molecular formula is C45H69N11O17S. The molecule has 1 aromatic heterocycles. The highest BCUT2D eigenvalue weighted by molar-refractivity contribution is 7.98. The predicted octanol–water partition coefficient (Wildman–Crippen LogP) is -3.44. The van der Waals surface area contributed by atoms with Gasteiger partial charge in [-0.2, -0.15) is 11.8 Å². The van der Waals surface area contributed by atoms with Crippen LogP contribution in [0, 0.1) is 5.92 Å². The van der Waals surface area contributed by atoms with Gasteiger partial charge in [-0.15, -0.1) is 0 Å². The number of likely N-dealkylation sites (tertiary alicyclic amines) is 1. The SMILES string of the molecule is CC[C@H](C)[C@H](NC(=O)[C@H](CC(=O)O)NC(=O)[C@@H]1CCCN1)C(=O)N[C@@H](CCC(=O)O)C(=O)N[C@@H](Cc1cnc[nH]1)C(=O)N1CCC[C@H]1C(=O)N[C@@H](CCC(=O)O)C(=O)N[C@H](C(=O)N[C@@H](CCSC)C(=O)O)[C@@H](C)O. The summed E-state index contributed by atoms with van der Waals surface area (Å²) in [7, 11) is 0. The van der Waals surface area contributed by atoms with Crippen molar-refractivity contribution in [3.05, 3.63) is 18.2 Å². The van der Waals surface area contributed by atoms with Gasteiger partial charge in [-0.3, -0.25) is 52.7 Å². The molecule has 2 saturated heterocycles. The number of carbonyl (C=O) groups is 12. The summed E-state index contributed by atoms with van der Waals surface area (Å²) in [5, 5.41) is 68.5. The average Bonchev–Trinajstić information content (AvgIpc) is 4.17. The molecule has 3 heterocycles. The Kier molecular flexibility index (Phi) is 25.2. The third kappa shape index (κ3) is 19.5. The van der Waals surface area contributed by atoms with Gasteiger partial charge in [0.25, 0.3) is 0 Å². The zero-order valence-corrected chi connectivity index (χ0v) is 42.4. The molecule has 0 spiro atoms. The molecule has 28 nitrogen and oxygen atoms in total. The number of aromatic amines is 1. The van der Waals surface area contributed by atoms with E-state index < -0.39 is 170 Å². The molecule has 2 aliphatic rings. The van der Waals surface area contributed by atoms with Crippen LogP contribution in [0.4, 0.5) is 0 Å². The maximum atomic E-state index is 14.5. The van der Waals surface area contributed by atoms with Crippen molar-refractivity contribution in [2.75, 3.05) is 25.1 Å². The first-order chi connectivity index (χ1) is 35.0. The quantitative estimate of drug-likeness (QED) is 0.0334. The van der Waals surface area contributed by atoms with Crippen LogP contribution in [0.25, 0.3) is 0 Å². The normalized spacial score (nSPS) is 18.9. The predicted molar refractivity (Wildman–Crippen MR) is 259 cm³/mol. The summed E-state index contributed by atoms with van der Waals surface area (Å²) < 4.78 is 0. The third-order valence-electron chi connectivity index (χ3n) is 12.5. The Labute approximate surface area is 429 Å². The van der Waals surface area contributed by atoms with Gasteiger partial charge < -0.3 is 78.0 Å². The van der Waals surface area contributed by atoms with Gasteiger partial charge in [0.1, 0.15) is 48.3 Å². The van der Waals surface area contributed by atoms with Gasteiger partial charge in [0.05, 0.1) is 24.9 Å². The van der Waals surface area contributed by atoms with E-state index in [1.165, 1.54) is 24.3 Å². The van der Waals surface area contributed by atoms with Crippen molar-refractivity contribution in [3.63, 3.8) is 0 Å². The minimum atomic E-state index is -1.75. The second-order valence-electron chi connectivity index (χ2n) is 18.1. The number of aliphatic carboxylic acids is 4. The monoisotopic (exact) mass is 1070 g/mol. The van der Waals surface area contributed by atoms with E-state index in [9.17, 15) is 83.1 Å². The lowest BCUT2D eigenvalue weighted by Crippen LogP contribution is -2.61. The summed E-state index contributed by atoms with van der Waals surface area (Å²) >= 11 is 1.32. The number of aromatic nitrogens is 2. The molecule has 8 amide bonds. The van der Waals surface area contributed by atoms with Crippen LogP contribution < -0.4 is 42.5 Å². The molecule has 2 fully saturated rings. The summed E-state index contributed by atoms with van der Waals surface area (Å²) in [5.74, 6) is -13.5. The molecule has 29 heteroatoms. The maximum Gasteiger partial charge on any atom is 0.326 e. The fraction of sp³-hybridized carbons (Fsp3) is 0.667. The van der Waals surface area contributed by atoms with Crippen molar-refractivity contribution in [1.29, 1.82) is 0 Å². The van der Waals surface area contributed by atoms with Gasteiger partial charge in [0.2, 0.25) is 47.3 Å². The number of imidazole rings is 1. The van der Waals surface area contributed by atoms with E-state index in [2.05, 4.69) is 52.5 Å². The molecule has 14 N–H and O–H groups in total. The number of carbonyl (C=O) groups excluding carboxylic acids is 8. The van der Waals surface area contributed by atoms with Crippen LogP contribution >= 0.6 is 11.8 Å². The molecule has 0 unspecified atom stereocenters. The van der Waals surface area contributed by atoms with Gasteiger partial charge in [-0.05, 0) is 76.3 Å². The number of rotatable bonds is 32. The number of carboxylic acid groups (broad SMARTS) is 4. The lowest BCUT2D eigenvalue weighted by atomic mass is 9.96. The Morgan fingerprint density at radius 2 is 1.26 bits per heavy atom. The Morgan fingerprint density at radius 3 is 1.80 bits per heavy atom. The second-order valence-corrected chi connectivity index (χ2v) is 19.1. The van der Waals surface area contributed by atoms with E-state index in [0.29, 0.717) is 30.8 Å². The molecule has 0 bridgehead atoms. The van der Waals surface area contributed by atoms with E-state index in [0.717, 1.165) is 11.8 Å². The van der Waals surface area contributed by atoms with Crippen LogP contribution in [0.1, 0.15) is 97.1 Å². The zero-order valence-electron chi connectivity index (χ0n) is 41.5. The van der Waals surface area contributed by atoms with E-state index in [-0.39, 0.29) is 38.6 Å². The lowest BCUT2D eigenvalue weighted by molar-refractivity contribution is -0.144. The number of thioether (sulfide) groups is 1. The number of H-pyrrole nitrogens is 1. The van der Waals surface area contributed by atoms with Crippen molar-refractivity contribution in [1.82, 2.24) is 57.4 Å². The fourth-order valence-electron chi connectivity index (χ4n) is 8.13. The van der Waals surface area contributed by atoms with E-state index >= 15 is 0 Å². The van der Waals surface area contributed by atoms with Crippen LogP contribution in [0.15, 0.2) is 12.5 Å². The molecule has 0 aliphatic carbocycles. The molecule has 0 saturated carbocycles. The number of hydrogen-bond acceptors (Lipinski definition) is 16. The summed E-state index contributed by atoms with van der Waals surface area (Å²) in [5.41, 5.74) is 0.308. The standard InChI is InChI=1S/C45H69N11O17S/c1-5-22(2)35(54-40(67)29(19-34(62)63)52-37(64)25-8-6-15-47-25)42(69)50-26(10-12-32(58)59)38(65)53-30(18-24-20-46-21-48-24)44(71)56-16-7-9-31(56)41(68)49-27(11-13-33(60)61)39(66)55-36(23(3)57)43(70)51-28(45(72)73)14-17-74-4/h20-23,25-31,35-36,47,57H,5-19H2,1-4H3,(H,46,48)(H,49,68)(H,50,69)(H,51,70)(H,52,64)(H,53,65)(H,54,67)(H,55,66)(H,58,59)(H,60,61)(H,62,63)(H,72,73)/t22-,23+,25-,26-,27-,28-,29-,30-,31-,35-,36-/m0/s1. The smallest absolute Gasteiger partial charge is 0.326 e. The topological polar surface area (TPSA) is 434 Å². The first-order valence-corrected chi connectivity index (χ1v) is 25.6. The van der Waals surface area contributed by atoms with Crippen molar-refractivity contribution in [2.24, 2.45) is 5.92 Å². The number of amides is 8. The van der Waals surface area contributed by atoms with E-state index in [1.807, 2.05) is 0 Å². The highest BCUT2D eigenvalue weighted by Crippen LogP contribution is 2.21. The van der Waals surface area contributed by atoms with Crippen molar-refractivity contribution < 1.29 is 83.1 Å². The lowest BCUT2D eigenvalue weighted by Gasteiger charge is -2.31. The number of nitrogens with one attached hydrogen (secondary N) is 9. The van der Waals surface area contributed by atoms with Crippen LogP contribution in [0.3, 0.4) is 0 Å². The van der Waals surface area contributed by atoms with Crippen molar-refractivity contribution in [2.45, 2.75) is 158 Å². The minimum absolute atomic E-state index is 0.00634. The van der Waals surface area contributed by atoms with Crippen LogP contribution in [-0.2, 0) is 64.0 Å². The van der Waals surface area contributed by atoms with Crippen LogP contribution in [-0.4, -0.2) is 197 Å². The Morgan fingerprint density at radius 1 is 0.689 bits per heavy atom. The zero-order chi connectivity index (χ0) is 55.2. The number of aliphatic hydroxyl groups excluding tert-OH is 1. The Hall–Kier alpha value is -6.88. The first-order valence-electron chi connectivity index (χ1n) is 24.2. The number of aliphatic hydroxyl groups is 1. The summed E-state index contributed by atoms with van der Waals surface area (Å²) in [6.45, 7) is 4.86. The summed E-state index contributed by atoms with van der Waals surface area (Å²) in [6.07, 6.45) is 0.822. The number of carboxylic acids is 4. The van der Waals surface area contributed by atoms with Gasteiger partial charge in [-0.25, -0.2) is 9.78 Å². The first kappa shape index (κ1) is 61.4. The van der Waals surface area contributed by atoms with Crippen molar-refractivity contribution in [3.8, 4) is 0 Å². The minimum Gasteiger partial charge on any atom is -0.481 e. The second kappa shape index (κ2) is 30.3. The van der Waals surface area contributed by atoms with Gasteiger partial charge in [0, 0.05) is 37.7 Å². The average molecular weight is 1070 g/mol. The fourth-order valence-corrected chi connectivity index (χ4v) is 8.60. The van der Waals surface area contributed by atoms with Crippen LogP contribution in [0.5, 0.6) is 0 Å². The molecule has 2 aliphatic heterocycles. The number of nitrogens with zero attached hydrogens (tertiary/aromatic N) is 2. The Balaban J connectivity index is 1.88. The largest absolute Gasteiger partial charge is 0.481 e. The molecular weight excluding hydrogens is 999 g/mol. The van der Waals surface area contributed by atoms with Gasteiger partial charge in [-0.1, -0.05) is 20.3 Å².